The fraction of sp³-hybridized carbons (Fsp3) is 0.167. The number of aromatic nitrogens is 2. The van der Waals surface area contributed by atoms with Gasteiger partial charge in [-0.15, -0.1) is 0 Å². The van der Waals surface area contributed by atoms with Crippen LogP contribution < -0.4 is 10.0 Å². The quantitative estimate of drug-likeness (QED) is 0.694. The van der Waals surface area contributed by atoms with Crippen LogP contribution in [0.4, 0.5) is 5.69 Å². The first kappa shape index (κ1) is 18.0. The molecule has 0 bridgehead atoms. The number of sulfonamides is 1. The number of carbonyl (C=O) groups excluding carboxylic acids is 1. The second-order valence-corrected chi connectivity index (χ2v) is 7.39. The predicted molar refractivity (Wildman–Crippen MR) is 99.4 cm³/mol. The fourth-order valence-electron chi connectivity index (χ4n) is 2.30. The summed E-state index contributed by atoms with van der Waals surface area (Å²) in [6.45, 7) is 2.26. The van der Waals surface area contributed by atoms with Gasteiger partial charge in [-0.25, -0.2) is 18.1 Å². The summed E-state index contributed by atoms with van der Waals surface area (Å²) in [5.74, 6) is -0.414. The monoisotopic (exact) mass is 370 g/mol. The number of hydrogen-bond acceptors (Lipinski definition) is 5. The Morgan fingerprint density at radius 2 is 1.73 bits per heavy atom. The molecular weight excluding hydrogens is 352 g/mol. The molecule has 7 nitrogen and oxygen atoms in total. The van der Waals surface area contributed by atoms with Crippen molar-refractivity contribution in [1.82, 2.24) is 14.7 Å². The minimum atomic E-state index is -3.53. The van der Waals surface area contributed by atoms with E-state index in [-0.39, 0.29) is 10.6 Å². The average Bonchev–Trinajstić information content (AvgIpc) is 2.66. The SMILES string of the molecule is CCCNS(=O)(=O)c1ccc(NC(=O)c2cnc3ccccc3n2)cc1. The standard InChI is InChI=1S/C18H18N4O3S/c1-2-11-20-26(24,25)14-9-7-13(8-10-14)21-18(23)17-12-19-15-5-3-4-6-16(15)22-17/h3-10,12,20H,2,11H2,1H3,(H,21,23). The predicted octanol–water partition coefficient (Wildman–Crippen LogP) is 2.57. The van der Waals surface area contributed by atoms with Gasteiger partial charge in [0, 0.05) is 12.2 Å². The van der Waals surface area contributed by atoms with Gasteiger partial charge in [-0.1, -0.05) is 19.1 Å². The molecule has 0 saturated carbocycles. The smallest absolute Gasteiger partial charge is 0.275 e. The third-order valence-electron chi connectivity index (χ3n) is 3.65. The molecule has 26 heavy (non-hydrogen) atoms. The zero-order chi connectivity index (χ0) is 18.6. The van der Waals surface area contributed by atoms with E-state index in [9.17, 15) is 13.2 Å². The summed E-state index contributed by atoms with van der Waals surface area (Å²) in [4.78, 5) is 21.0. The molecule has 0 fully saturated rings. The highest BCUT2D eigenvalue weighted by Crippen LogP contribution is 2.15. The van der Waals surface area contributed by atoms with Crippen molar-refractivity contribution >= 4 is 32.7 Å². The van der Waals surface area contributed by atoms with Gasteiger partial charge in [0.2, 0.25) is 10.0 Å². The molecule has 1 amide bonds. The topological polar surface area (TPSA) is 101 Å². The first-order valence-electron chi connectivity index (χ1n) is 8.12. The number of amides is 1. The highest BCUT2D eigenvalue weighted by atomic mass is 32.2. The third-order valence-corrected chi connectivity index (χ3v) is 5.12. The van der Waals surface area contributed by atoms with Crippen LogP contribution in [0.25, 0.3) is 11.0 Å². The molecule has 3 rings (SSSR count). The second-order valence-electron chi connectivity index (χ2n) is 5.62. The molecule has 2 aromatic carbocycles. The molecule has 8 heteroatoms. The molecule has 0 unspecified atom stereocenters. The van der Waals surface area contributed by atoms with Crippen LogP contribution >= 0.6 is 0 Å². The van der Waals surface area contributed by atoms with Crippen LogP contribution in [0, 0.1) is 0 Å². The van der Waals surface area contributed by atoms with Crippen molar-refractivity contribution in [3.05, 3.63) is 60.4 Å². The van der Waals surface area contributed by atoms with Crippen LogP contribution in [0.5, 0.6) is 0 Å². The van der Waals surface area contributed by atoms with Crippen LogP contribution in [0.3, 0.4) is 0 Å². The summed E-state index contributed by atoms with van der Waals surface area (Å²) in [5, 5.41) is 2.69. The maximum absolute atomic E-state index is 12.3. The summed E-state index contributed by atoms with van der Waals surface area (Å²) < 4.78 is 26.6. The van der Waals surface area contributed by atoms with Crippen LogP contribution in [0.1, 0.15) is 23.8 Å². The van der Waals surface area contributed by atoms with Crippen LogP contribution in [-0.4, -0.2) is 30.8 Å². The Bertz CT molecular complexity index is 1030. The lowest BCUT2D eigenvalue weighted by Gasteiger charge is -2.08. The molecule has 0 aliphatic heterocycles. The first-order valence-corrected chi connectivity index (χ1v) is 9.61. The summed E-state index contributed by atoms with van der Waals surface area (Å²) >= 11 is 0. The molecule has 0 aliphatic carbocycles. The molecule has 0 aliphatic rings. The number of fused-ring (bicyclic) bond motifs is 1. The summed E-state index contributed by atoms with van der Waals surface area (Å²) in [5.41, 5.74) is 1.99. The number of rotatable bonds is 6. The maximum Gasteiger partial charge on any atom is 0.275 e. The van der Waals surface area contributed by atoms with Crippen molar-refractivity contribution in [2.24, 2.45) is 0 Å². The maximum atomic E-state index is 12.3. The zero-order valence-electron chi connectivity index (χ0n) is 14.1. The van der Waals surface area contributed by atoms with Gasteiger partial charge in [-0.3, -0.25) is 9.78 Å². The van der Waals surface area contributed by atoms with Gasteiger partial charge >= 0.3 is 0 Å². The van der Waals surface area contributed by atoms with E-state index in [4.69, 9.17) is 0 Å². The Labute approximate surface area is 151 Å². The number of hydrogen-bond donors (Lipinski definition) is 2. The van der Waals surface area contributed by atoms with Crippen molar-refractivity contribution < 1.29 is 13.2 Å². The van der Waals surface area contributed by atoms with E-state index in [0.717, 1.165) is 0 Å². The van der Waals surface area contributed by atoms with Gasteiger partial charge in [0.1, 0.15) is 5.69 Å². The lowest BCUT2D eigenvalue weighted by molar-refractivity contribution is 0.102. The normalized spacial score (nSPS) is 11.4. The number of nitrogens with zero attached hydrogens (tertiary/aromatic N) is 2. The first-order chi connectivity index (χ1) is 12.5. The Hall–Kier alpha value is -2.84. The molecule has 1 aromatic heterocycles. The molecule has 0 saturated heterocycles. The van der Waals surface area contributed by atoms with Gasteiger partial charge in [0.05, 0.1) is 22.1 Å². The number of para-hydroxylation sites is 2. The summed E-state index contributed by atoms with van der Waals surface area (Å²) in [7, 11) is -3.53. The minimum Gasteiger partial charge on any atom is -0.321 e. The number of nitrogens with one attached hydrogen (secondary N) is 2. The Morgan fingerprint density at radius 3 is 2.42 bits per heavy atom. The number of benzene rings is 2. The third kappa shape index (κ3) is 4.04. The van der Waals surface area contributed by atoms with Gasteiger partial charge in [-0.05, 0) is 42.8 Å². The largest absolute Gasteiger partial charge is 0.321 e. The van der Waals surface area contributed by atoms with E-state index in [1.165, 1.54) is 30.5 Å². The fourth-order valence-corrected chi connectivity index (χ4v) is 3.43. The molecule has 0 spiro atoms. The summed E-state index contributed by atoms with van der Waals surface area (Å²) in [6, 6.07) is 13.2. The van der Waals surface area contributed by atoms with Gasteiger partial charge < -0.3 is 5.32 Å². The van der Waals surface area contributed by atoms with Gasteiger partial charge in [0.25, 0.3) is 5.91 Å². The highest BCUT2D eigenvalue weighted by molar-refractivity contribution is 7.89. The van der Waals surface area contributed by atoms with E-state index in [2.05, 4.69) is 20.0 Å². The van der Waals surface area contributed by atoms with Gasteiger partial charge in [-0.2, -0.15) is 0 Å². The molecule has 2 N–H and O–H groups in total. The van der Waals surface area contributed by atoms with Crippen molar-refractivity contribution in [3.63, 3.8) is 0 Å². The second kappa shape index (κ2) is 7.59. The van der Waals surface area contributed by atoms with E-state index >= 15 is 0 Å². The number of anilines is 1. The lowest BCUT2D eigenvalue weighted by Crippen LogP contribution is -2.24. The Balaban J connectivity index is 1.74. The van der Waals surface area contributed by atoms with Crippen LogP contribution in [0.15, 0.2) is 59.6 Å². The van der Waals surface area contributed by atoms with E-state index in [1.807, 2.05) is 25.1 Å². The van der Waals surface area contributed by atoms with Crippen molar-refractivity contribution in [3.8, 4) is 0 Å². The summed E-state index contributed by atoms with van der Waals surface area (Å²) in [6.07, 6.45) is 2.12. The van der Waals surface area contributed by atoms with Crippen LogP contribution in [0.2, 0.25) is 0 Å². The van der Waals surface area contributed by atoms with Crippen molar-refractivity contribution in [2.45, 2.75) is 18.2 Å². The average molecular weight is 370 g/mol. The molecule has 1 heterocycles. The van der Waals surface area contributed by atoms with Crippen molar-refractivity contribution in [1.29, 1.82) is 0 Å². The number of carbonyl (C=O) groups is 1. The molecule has 134 valence electrons. The van der Waals surface area contributed by atoms with E-state index < -0.39 is 15.9 Å². The van der Waals surface area contributed by atoms with Crippen LogP contribution in [-0.2, 0) is 10.0 Å². The molecule has 0 radical (unpaired) electrons. The Morgan fingerprint density at radius 1 is 1.04 bits per heavy atom. The molecule has 3 aromatic rings. The molecule has 0 atom stereocenters. The van der Waals surface area contributed by atoms with Gasteiger partial charge in [0.15, 0.2) is 0 Å². The van der Waals surface area contributed by atoms with E-state index in [1.54, 1.807) is 6.07 Å². The molecular formula is C18H18N4O3S. The minimum absolute atomic E-state index is 0.148. The highest BCUT2D eigenvalue weighted by Gasteiger charge is 2.14. The Kier molecular flexibility index (Phi) is 5.24. The van der Waals surface area contributed by atoms with Crippen molar-refractivity contribution in [2.75, 3.05) is 11.9 Å². The lowest BCUT2D eigenvalue weighted by atomic mass is 10.3. The zero-order valence-corrected chi connectivity index (χ0v) is 15.0. The van der Waals surface area contributed by atoms with E-state index in [0.29, 0.717) is 29.7 Å².